The summed E-state index contributed by atoms with van der Waals surface area (Å²) < 4.78 is 24.6. The van der Waals surface area contributed by atoms with Crippen molar-refractivity contribution < 1.29 is 8.42 Å². The fourth-order valence-corrected chi connectivity index (χ4v) is 5.09. The molecule has 0 heterocycles. The molecule has 0 radical (unpaired) electrons. The highest BCUT2D eigenvalue weighted by Crippen LogP contribution is 2.38. The van der Waals surface area contributed by atoms with Gasteiger partial charge in [-0.2, -0.15) is 5.26 Å². The first-order valence-electron chi connectivity index (χ1n) is 5.92. The molecular formula is C15H13NO2S2. The van der Waals surface area contributed by atoms with Crippen LogP contribution in [0.15, 0.2) is 59.5 Å². The molecule has 0 saturated carbocycles. The van der Waals surface area contributed by atoms with Crippen molar-refractivity contribution in [3.05, 3.63) is 65.7 Å². The summed E-state index contributed by atoms with van der Waals surface area (Å²) in [6.45, 7) is 0. The van der Waals surface area contributed by atoms with Crippen molar-refractivity contribution in [3.8, 4) is 6.07 Å². The third-order valence-corrected chi connectivity index (χ3v) is 6.67. The van der Waals surface area contributed by atoms with Gasteiger partial charge in [0.1, 0.15) is 4.58 Å². The number of thioether (sulfide) groups is 1. The predicted molar refractivity (Wildman–Crippen MR) is 81.0 cm³/mol. The summed E-state index contributed by atoms with van der Waals surface area (Å²) in [5.41, 5.74) is 0.928. The van der Waals surface area contributed by atoms with Gasteiger partial charge in [0.2, 0.25) is 0 Å². The highest BCUT2D eigenvalue weighted by atomic mass is 32.3. The molecule has 3 nitrogen and oxygen atoms in total. The summed E-state index contributed by atoms with van der Waals surface area (Å²) in [6, 6.07) is 17.2. The molecule has 0 amide bonds. The molecule has 0 bridgehead atoms. The summed E-state index contributed by atoms with van der Waals surface area (Å²) in [6.07, 6.45) is 1.74. The third kappa shape index (κ3) is 2.72. The third-order valence-electron chi connectivity index (χ3n) is 2.90. The van der Waals surface area contributed by atoms with Crippen molar-refractivity contribution in [2.24, 2.45) is 0 Å². The van der Waals surface area contributed by atoms with E-state index < -0.39 is 14.4 Å². The molecule has 102 valence electrons. The number of nitrogens with zero attached hydrogens (tertiary/aromatic N) is 1. The maximum atomic E-state index is 12.7. The molecule has 2 rings (SSSR count). The Morgan fingerprint density at radius 3 is 2.25 bits per heavy atom. The van der Waals surface area contributed by atoms with Gasteiger partial charge in [0.05, 0.1) is 16.5 Å². The molecule has 2 aromatic carbocycles. The van der Waals surface area contributed by atoms with Gasteiger partial charge in [-0.1, -0.05) is 36.4 Å². The normalized spacial score (nSPS) is 12.6. The molecule has 0 N–H and O–H groups in total. The number of benzene rings is 2. The molecule has 0 aromatic heterocycles. The highest BCUT2D eigenvalue weighted by Gasteiger charge is 2.29. The van der Waals surface area contributed by atoms with Crippen LogP contribution in [0.3, 0.4) is 0 Å². The SMILES string of the molecule is CSC(c1ccccc1C#N)S(=O)(=O)c1ccccc1. The molecule has 0 aliphatic carbocycles. The molecule has 0 aliphatic rings. The molecule has 0 spiro atoms. The van der Waals surface area contributed by atoms with Gasteiger partial charge in [-0.25, -0.2) is 8.42 Å². The summed E-state index contributed by atoms with van der Waals surface area (Å²) in [7, 11) is -3.52. The number of nitriles is 1. The lowest BCUT2D eigenvalue weighted by Crippen LogP contribution is -2.12. The van der Waals surface area contributed by atoms with Gasteiger partial charge in [0.15, 0.2) is 9.84 Å². The molecule has 0 aliphatic heterocycles. The zero-order chi connectivity index (χ0) is 14.6. The van der Waals surface area contributed by atoms with Crippen LogP contribution in [0.4, 0.5) is 0 Å². The molecule has 0 fully saturated rings. The summed E-state index contributed by atoms with van der Waals surface area (Å²) >= 11 is 1.22. The van der Waals surface area contributed by atoms with E-state index in [-0.39, 0.29) is 4.90 Å². The van der Waals surface area contributed by atoms with Crippen LogP contribution in [0, 0.1) is 11.3 Å². The lowest BCUT2D eigenvalue weighted by Gasteiger charge is -2.17. The van der Waals surface area contributed by atoms with Crippen LogP contribution in [-0.2, 0) is 9.84 Å². The van der Waals surface area contributed by atoms with Crippen molar-refractivity contribution in [2.75, 3.05) is 6.26 Å². The monoisotopic (exact) mass is 303 g/mol. The zero-order valence-electron chi connectivity index (χ0n) is 10.9. The van der Waals surface area contributed by atoms with E-state index in [1.54, 1.807) is 60.9 Å². The lowest BCUT2D eigenvalue weighted by molar-refractivity contribution is 0.594. The maximum absolute atomic E-state index is 12.7. The van der Waals surface area contributed by atoms with Crippen LogP contribution in [0.1, 0.15) is 15.7 Å². The second-order valence-corrected chi connectivity index (χ2v) is 7.40. The minimum Gasteiger partial charge on any atom is -0.222 e. The van der Waals surface area contributed by atoms with Crippen molar-refractivity contribution in [1.29, 1.82) is 5.26 Å². The smallest absolute Gasteiger partial charge is 0.194 e. The Labute approximate surface area is 123 Å². The van der Waals surface area contributed by atoms with Gasteiger partial charge < -0.3 is 0 Å². The van der Waals surface area contributed by atoms with E-state index in [0.29, 0.717) is 11.1 Å². The van der Waals surface area contributed by atoms with Crippen LogP contribution >= 0.6 is 11.8 Å². The van der Waals surface area contributed by atoms with E-state index in [9.17, 15) is 8.42 Å². The summed E-state index contributed by atoms with van der Waals surface area (Å²) in [4.78, 5) is 0.270. The average Bonchev–Trinajstić information content (AvgIpc) is 2.49. The summed E-state index contributed by atoms with van der Waals surface area (Å²) in [5.74, 6) is 0. The molecule has 2 aromatic rings. The topological polar surface area (TPSA) is 57.9 Å². The Kier molecular flexibility index (Phi) is 4.48. The predicted octanol–water partition coefficient (Wildman–Crippen LogP) is 3.39. The maximum Gasteiger partial charge on any atom is 0.194 e. The van der Waals surface area contributed by atoms with Gasteiger partial charge in [0, 0.05) is 0 Å². The first-order valence-corrected chi connectivity index (χ1v) is 8.75. The van der Waals surface area contributed by atoms with E-state index in [1.807, 2.05) is 0 Å². The Balaban J connectivity index is 2.56. The highest BCUT2D eigenvalue weighted by molar-refractivity contribution is 8.12. The van der Waals surface area contributed by atoms with E-state index in [0.717, 1.165) is 0 Å². The van der Waals surface area contributed by atoms with E-state index in [1.165, 1.54) is 11.8 Å². The van der Waals surface area contributed by atoms with Crippen LogP contribution < -0.4 is 0 Å². The molecular weight excluding hydrogens is 290 g/mol. The standard InChI is InChI=1S/C15H13NO2S2/c1-19-15(14-10-6-5-7-12(14)11-16)20(17,18)13-8-3-2-4-9-13/h2-10,15H,1H3. The van der Waals surface area contributed by atoms with Crippen LogP contribution in [0.5, 0.6) is 0 Å². The van der Waals surface area contributed by atoms with Crippen LogP contribution in [-0.4, -0.2) is 14.7 Å². The largest absolute Gasteiger partial charge is 0.222 e. The fraction of sp³-hybridized carbons (Fsp3) is 0.133. The van der Waals surface area contributed by atoms with Crippen LogP contribution in [0.25, 0.3) is 0 Å². The molecule has 20 heavy (non-hydrogen) atoms. The minimum atomic E-state index is -3.52. The van der Waals surface area contributed by atoms with Gasteiger partial charge in [0.25, 0.3) is 0 Å². The Morgan fingerprint density at radius 2 is 1.65 bits per heavy atom. The zero-order valence-corrected chi connectivity index (χ0v) is 12.5. The van der Waals surface area contributed by atoms with Gasteiger partial charge >= 0.3 is 0 Å². The number of sulfone groups is 1. The number of hydrogen-bond acceptors (Lipinski definition) is 4. The van der Waals surface area contributed by atoms with E-state index >= 15 is 0 Å². The first-order chi connectivity index (χ1) is 9.61. The molecule has 5 heteroatoms. The molecule has 1 unspecified atom stereocenters. The van der Waals surface area contributed by atoms with E-state index in [4.69, 9.17) is 5.26 Å². The van der Waals surface area contributed by atoms with Crippen molar-refractivity contribution in [3.63, 3.8) is 0 Å². The quantitative estimate of drug-likeness (QED) is 0.868. The van der Waals surface area contributed by atoms with Crippen molar-refractivity contribution in [1.82, 2.24) is 0 Å². The van der Waals surface area contributed by atoms with Crippen LogP contribution in [0.2, 0.25) is 0 Å². The molecule has 0 saturated heterocycles. The number of rotatable bonds is 4. The second kappa shape index (κ2) is 6.12. The van der Waals surface area contributed by atoms with Gasteiger partial charge in [-0.15, -0.1) is 11.8 Å². The Bertz CT molecular complexity index is 734. The average molecular weight is 303 g/mol. The Hall–Kier alpha value is -1.77. The van der Waals surface area contributed by atoms with Gasteiger partial charge in [-0.3, -0.25) is 0 Å². The minimum absolute atomic E-state index is 0.270. The van der Waals surface area contributed by atoms with Gasteiger partial charge in [-0.05, 0) is 30.0 Å². The fourth-order valence-electron chi connectivity index (χ4n) is 1.96. The first kappa shape index (κ1) is 14.6. The van der Waals surface area contributed by atoms with Crippen molar-refractivity contribution in [2.45, 2.75) is 9.48 Å². The summed E-state index contributed by atoms with van der Waals surface area (Å²) in [5, 5.41) is 9.15. The molecule has 1 atom stereocenters. The second-order valence-electron chi connectivity index (χ2n) is 4.12. The van der Waals surface area contributed by atoms with E-state index in [2.05, 4.69) is 6.07 Å². The Morgan fingerprint density at radius 1 is 1.05 bits per heavy atom. The van der Waals surface area contributed by atoms with Crippen molar-refractivity contribution >= 4 is 21.6 Å². The number of hydrogen-bond donors (Lipinski definition) is 0. The lowest BCUT2D eigenvalue weighted by atomic mass is 10.1.